The van der Waals surface area contributed by atoms with Crippen LogP contribution in [0.5, 0.6) is 0 Å². The Morgan fingerprint density at radius 3 is 2.61 bits per heavy atom. The molecule has 1 aromatic carbocycles. The number of hydrogen-bond acceptors (Lipinski definition) is 3. The van der Waals surface area contributed by atoms with Crippen LogP contribution in [-0.4, -0.2) is 41.9 Å². The van der Waals surface area contributed by atoms with E-state index in [-0.39, 0.29) is 18.2 Å². The minimum Gasteiger partial charge on any atom is -0.337 e. The van der Waals surface area contributed by atoms with Gasteiger partial charge in [-0.15, -0.1) is 0 Å². The third-order valence-corrected chi connectivity index (χ3v) is 4.18. The van der Waals surface area contributed by atoms with Gasteiger partial charge in [0.15, 0.2) is 0 Å². The molecule has 1 atom stereocenters. The zero-order chi connectivity index (χ0) is 16.2. The average Bonchev–Trinajstić information content (AvgIpc) is 2.75. The molecule has 0 bridgehead atoms. The van der Waals surface area contributed by atoms with Gasteiger partial charge in [0.2, 0.25) is 11.8 Å². The van der Waals surface area contributed by atoms with E-state index in [0.717, 1.165) is 6.42 Å². The molecule has 0 saturated carbocycles. The predicted octanol–water partition coefficient (Wildman–Crippen LogP) is 1.29. The fourth-order valence-electron chi connectivity index (χ4n) is 2.92. The van der Waals surface area contributed by atoms with Crippen LogP contribution in [0.1, 0.15) is 24.8 Å². The zero-order valence-electron chi connectivity index (χ0n) is 12.7. The van der Waals surface area contributed by atoms with Gasteiger partial charge in [0.25, 0.3) is 0 Å². The number of urea groups is 1. The van der Waals surface area contributed by atoms with Crippen LogP contribution >= 0.6 is 0 Å². The minimum atomic E-state index is -0.631. The third-order valence-electron chi connectivity index (χ3n) is 4.18. The number of amides is 4. The van der Waals surface area contributed by atoms with Crippen LogP contribution in [0.25, 0.3) is 5.57 Å². The van der Waals surface area contributed by atoms with Crippen molar-refractivity contribution < 1.29 is 14.4 Å². The number of nitrogens with one attached hydrogen (secondary N) is 2. The van der Waals surface area contributed by atoms with E-state index in [1.54, 1.807) is 4.90 Å². The molecule has 120 valence electrons. The molecule has 23 heavy (non-hydrogen) atoms. The van der Waals surface area contributed by atoms with E-state index in [2.05, 4.69) is 28.8 Å². The highest BCUT2D eigenvalue weighted by atomic mass is 16.2. The maximum absolute atomic E-state index is 12.5. The Hall–Kier alpha value is -2.63. The molecule has 0 radical (unpaired) electrons. The van der Waals surface area contributed by atoms with Gasteiger partial charge in [-0.05, 0) is 24.0 Å². The highest BCUT2D eigenvalue weighted by Crippen LogP contribution is 2.22. The first-order chi connectivity index (χ1) is 11.1. The van der Waals surface area contributed by atoms with Crippen molar-refractivity contribution in [1.29, 1.82) is 0 Å². The van der Waals surface area contributed by atoms with Crippen LogP contribution in [0.15, 0.2) is 36.4 Å². The smallest absolute Gasteiger partial charge is 0.322 e. The Bertz CT molecular complexity index is 654. The molecule has 4 amide bonds. The van der Waals surface area contributed by atoms with Crippen molar-refractivity contribution in [3.63, 3.8) is 0 Å². The number of benzene rings is 1. The monoisotopic (exact) mass is 313 g/mol. The molecule has 2 aliphatic rings. The summed E-state index contributed by atoms with van der Waals surface area (Å²) in [6.45, 7) is 1.14. The Kier molecular flexibility index (Phi) is 4.41. The van der Waals surface area contributed by atoms with Crippen LogP contribution in [0.4, 0.5) is 4.79 Å². The average molecular weight is 313 g/mol. The first-order valence-corrected chi connectivity index (χ1v) is 7.77. The number of carbonyl (C=O) groups is 3. The maximum atomic E-state index is 12.5. The zero-order valence-corrected chi connectivity index (χ0v) is 12.7. The summed E-state index contributed by atoms with van der Waals surface area (Å²) in [5.41, 5.74) is 2.41. The fraction of sp³-hybridized carbons (Fsp3) is 0.353. The molecule has 6 heteroatoms. The van der Waals surface area contributed by atoms with Gasteiger partial charge in [-0.2, -0.15) is 0 Å². The molecule has 1 aromatic rings. The number of carbonyl (C=O) groups excluding carboxylic acids is 3. The molecular formula is C17H19N3O3. The van der Waals surface area contributed by atoms with Crippen LogP contribution in [0.3, 0.4) is 0 Å². The number of hydrogen-bond donors (Lipinski definition) is 2. The molecule has 2 N–H and O–H groups in total. The van der Waals surface area contributed by atoms with Crippen LogP contribution in [0, 0.1) is 0 Å². The Labute approximate surface area is 134 Å². The largest absolute Gasteiger partial charge is 0.337 e. The summed E-state index contributed by atoms with van der Waals surface area (Å²) >= 11 is 0. The van der Waals surface area contributed by atoms with Gasteiger partial charge in [0.05, 0.1) is 0 Å². The second-order valence-electron chi connectivity index (χ2n) is 5.74. The molecule has 0 aromatic heterocycles. The first kappa shape index (κ1) is 15.3. The lowest BCUT2D eigenvalue weighted by atomic mass is 9.99. The Morgan fingerprint density at radius 1 is 1.13 bits per heavy atom. The molecule has 0 unspecified atom stereocenters. The summed E-state index contributed by atoms with van der Waals surface area (Å²) in [6.07, 6.45) is 3.35. The van der Waals surface area contributed by atoms with Gasteiger partial charge in [-0.1, -0.05) is 36.4 Å². The summed E-state index contributed by atoms with van der Waals surface area (Å²) in [5, 5.41) is 4.75. The molecule has 2 heterocycles. The van der Waals surface area contributed by atoms with E-state index >= 15 is 0 Å². The van der Waals surface area contributed by atoms with Crippen molar-refractivity contribution in [2.75, 3.05) is 13.1 Å². The van der Waals surface area contributed by atoms with Crippen molar-refractivity contribution in [2.24, 2.45) is 0 Å². The van der Waals surface area contributed by atoms with Gasteiger partial charge in [0, 0.05) is 19.5 Å². The Balaban J connectivity index is 1.65. The number of rotatable bonds is 2. The van der Waals surface area contributed by atoms with E-state index in [1.165, 1.54) is 11.1 Å². The van der Waals surface area contributed by atoms with Crippen molar-refractivity contribution in [1.82, 2.24) is 15.5 Å². The second-order valence-corrected chi connectivity index (χ2v) is 5.74. The fourth-order valence-corrected chi connectivity index (χ4v) is 2.92. The standard InChI is InChI=1S/C17H19N3O3/c21-15-7-6-14(18-17(23)19-15)16(22)20-10-8-13(9-11-20)12-4-2-1-3-5-12/h1-5,8,14H,6-7,9-11H2,(H2,18,19,21,23)/t14-/m0/s1. The lowest BCUT2D eigenvalue weighted by Gasteiger charge is -2.29. The summed E-state index contributed by atoms with van der Waals surface area (Å²) in [7, 11) is 0. The van der Waals surface area contributed by atoms with Crippen LogP contribution in [0.2, 0.25) is 0 Å². The molecular weight excluding hydrogens is 294 g/mol. The number of nitrogens with zero attached hydrogens (tertiary/aromatic N) is 1. The van der Waals surface area contributed by atoms with Gasteiger partial charge >= 0.3 is 6.03 Å². The molecule has 6 nitrogen and oxygen atoms in total. The van der Waals surface area contributed by atoms with Gasteiger partial charge in [0.1, 0.15) is 6.04 Å². The highest BCUT2D eigenvalue weighted by Gasteiger charge is 2.30. The predicted molar refractivity (Wildman–Crippen MR) is 85.3 cm³/mol. The minimum absolute atomic E-state index is 0.127. The summed E-state index contributed by atoms with van der Waals surface area (Å²) < 4.78 is 0. The summed E-state index contributed by atoms with van der Waals surface area (Å²) in [6, 6.07) is 8.87. The lowest BCUT2D eigenvalue weighted by molar-refractivity contribution is -0.132. The van der Waals surface area contributed by atoms with Crippen LogP contribution < -0.4 is 10.6 Å². The van der Waals surface area contributed by atoms with Crippen molar-refractivity contribution in [3.05, 3.63) is 42.0 Å². The van der Waals surface area contributed by atoms with Gasteiger partial charge in [-0.3, -0.25) is 14.9 Å². The molecule has 0 spiro atoms. The lowest BCUT2D eigenvalue weighted by Crippen LogP contribution is -2.50. The SMILES string of the molecule is O=C1CC[C@@H](C(=O)N2CC=C(c3ccccc3)CC2)NC(=O)N1. The molecule has 2 aliphatic heterocycles. The first-order valence-electron chi connectivity index (χ1n) is 7.77. The number of imide groups is 1. The van der Waals surface area contributed by atoms with Crippen molar-refractivity contribution in [3.8, 4) is 0 Å². The molecule has 1 saturated heterocycles. The summed E-state index contributed by atoms with van der Waals surface area (Å²) in [5.74, 6) is -0.471. The topological polar surface area (TPSA) is 78.5 Å². The van der Waals surface area contributed by atoms with E-state index in [0.29, 0.717) is 19.5 Å². The highest BCUT2D eigenvalue weighted by molar-refractivity contribution is 5.98. The van der Waals surface area contributed by atoms with Crippen molar-refractivity contribution >= 4 is 23.4 Å². The molecule has 3 rings (SSSR count). The van der Waals surface area contributed by atoms with Gasteiger partial charge in [-0.25, -0.2) is 4.79 Å². The van der Waals surface area contributed by atoms with E-state index in [1.807, 2.05) is 18.2 Å². The van der Waals surface area contributed by atoms with Crippen LogP contribution in [-0.2, 0) is 9.59 Å². The van der Waals surface area contributed by atoms with Gasteiger partial charge < -0.3 is 10.2 Å². The maximum Gasteiger partial charge on any atom is 0.322 e. The van der Waals surface area contributed by atoms with Crippen molar-refractivity contribution in [2.45, 2.75) is 25.3 Å². The normalized spacial score (nSPS) is 21.8. The summed E-state index contributed by atoms with van der Waals surface area (Å²) in [4.78, 5) is 37.1. The molecule has 1 fully saturated rings. The van der Waals surface area contributed by atoms with E-state index in [9.17, 15) is 14.4 Å². The second kappa shape index (κ2) is 6.64. The molecule has 0 aliphatic carbocycles. The van der Waals surface area contributed by atoms with E-state index in [4.69, 9.17) is 0 Å². The Morgan fingerprint density at radius 2 is 1.91 bits per heavy atom. The van der Waals surface area contributed by atoms with E-state index < -0.39 is 12.1 Å². The third kappa shape index (κ3) is 3.59. The quantitative estimate of drug-likeness (QED) is 0.863.